The molecule has 1 amide bonds. The average molecular weight is 389 g/mol. The van der Waals surface area contributed by atoms with Crippen molar-refractivity contribution < 1.29 is 27.1 Å². The van der Waals surface area contributed by atoms with E-state index in [9.17, 15) is 18.0 Å². The Morgan fingerprint density at radius 3 is 2.92 bits per heavy atom. The van der Waals surface area contributed by atoms with Gasteiger partial charge in [-0.3, -0.25) is 4.79 Å². The molecule has 26 heavy (non-hydrogen) atoms. The number of hydrogen-bond acceptors (Lipinski definition) is 6. The molecule has 1 aliphatic rings. The number of carbonyl (C=O) groups excluding carboxylic acids is 1. The number of amides is 1. The van der Waals surface area contributed by atoms with Crippen LogP contribution in [0.3, 0.4) is 0 Å². The molecule has 1 aliphatic heterocycles. The summed E-state index contributed by atoms with van der Waals surface area (Å²) in [5, 5.41) is 2.41. The molecule has 7 nitrogen and oxygen atoms in total. The van der Waals surface area contributed by atoms with Crippen LogP contribution in [-0.2, 0) is 10.6 Å². The lowest BCUT2D eigenvalue weighted by Gasteiger charge is -2.28. The molecule has 1 aromatic carbocycles. The Bertz CT molecular complexity index is 872. The number of benzene rings is 1. The summed E-state index contributed by atoms with van der Waals surface area (Å²) in [5.41, 5.74) is 4.89. The summed E-state index contributed by atoms with van der Waals surface area (Å²) in [6.07, 6.45) is 1.09. The Balaban J connectivity index is 1.88. The van der Waals surface area contributed by atoms with Crippen molar-refractivity contribution in [2.45, 2.75) is 17.8 Å². The van der Waals surface area contributed by atoms with Crippen molar-refractivity contribution in [3.63, 3.8) is 0 Å². The number of hydrogen-bond donors (Lipinski definition) is 2. The zero-order valence-corrected chi connectivity index (χ0v) is 13.8. The maximum Gasteiger partial charge on any atom is 0.307 e. The summed E-state index contributed by atoms with van der Waals surface area (Å²) in [5.74, 6) is -4.94. The van der Waals surface area contributed by atoms with Crippen LogP contribution in [0.4, 0.5) is 18.9 Å². The summed E-state index contributed by atoms with van der Waals surface area (Å²) < 4.78 is 51.6. The summed E-state index contributed by atoms with van der Waals surface area (Å²) in [7, 11) is 0. The van der Waals surface area contributed by atoms with Crippen molar-refractivity contribution in [1.29, 1.82) is 0 Å². The lowest BCUT2D eigenvalue weighted by Crippen LogP contribution is -2.40. The van der Waals surface area contributed by atoms with Crippen LogP contribution in [0.5, 0.6) is 0 Å². The molecule has 0 saturated heterocycles. The van der Waals surface area contributed by atoms with Gasteiger partial charge in [-0.2, -0.15) is 0 Å². The van der Waals surface area contributed by atoms with Crippen LogP contribution >= 0.6 is 11.6 Å². The van der Waals surface area contributed by atoms with E-state index < -0.39 is 41.9 Å². The third kappa shape index (κ3) is 3.59. The largest absolute Gasteiger partial charge is 0.459 e. The molecule has 1 unspecified atom stereocenters. The summed E-state index contributed by atoms with van der Waals surface area (Å²) in [6.45, 7) is -1.02. The van der Waals surface area contributed by atoms with Crippen molar-refractivity contribution in [3.8, 4) is 0 Å². The molecule has 138 valence electrons. The first-order valence-electron chi connectivity index (χ1n) is 7.25. The highest BCUT2D eigenvalue weighted by Crippen LogP contribution is 2.39. The van der Waals surface area contributed by atoms with Gasteiger partial charge in [0.2, 0.25) is 5.89 Å². The molecule has 0 radical (unpaired) electrons. The second kappa shape index (κ2) is 6.87. The highest BCUT2D eigenvalue weighted by Gasteiger charge is 2.46. The summed E-state index contributed by atoms with van der Waals surface area (Å²) in [6, 6.07) is 0.865. The third-order valence-electron chi connectivity index (χ3n) is 3.52. The zero-order valence-electron chi connectivity index (χ0n) is 13.0. The SMILES string of the molecule is NC1=NC(c2cc(NC(=O)c3coc(CCl)n3)ccc2F)C(F)(F)CO1. The fourth-order valence-corrected chi connectivity index (χ4v) is 2.43. The number of nitrogens with two attached hydrogens (primary N) is 1. The molecule has 3 N–H and O–H groups in total. The van der Waals surface area contributed by atoms with E-state index in [1.165, 1.54) is 6.07 Å². The molecule has 2 aromatic rings. The van der Waals surface area contributed by atoms with Crippen LogP contribution in [-0.4, -0.2) is 29.4 Å². The van der Waals surface area contributed by atoms with E-state index in [1.807, 2.05) is 0 Å². The standard InChI is InChI=1S/C15H12ClF3N4O3/c16-4-11-22-10(5-25-11)13(24)21-7-1-2-9(17)8(3-7)12-15(18,19)6-26-14(20)23-12/h1-3,5,12H,4,6H2,(H2,20,23)(H,21,24). The number of halogens is 4. The van der Waals surface area contributed by atoms with Gasteiger partial charge < -0.3 is 20.2 Å². The quantitative estimate of drug-likeness (QED) is 0.784. The topological polar surface area (TPSA) is 103 Å². The van der Waals surface area contributed by atoms with Gasteiger partial charge in [-0.15, -0.1) is 11.6 Å². The first-order valence-corrected chi connectivity index (χ1v) is 7.78. The van der Waals surface area contributed by atoms with E-state index >= 15 is 0 Å². The highest BCUT2D eigenvalue weighted by atomic mass is 35.5. The number of ether oxygens (including phenoxy) is 1. The smallest absolute Gasteiger partial charge is 0.307 e. The van der Waals surface area contributed by atoms with Gasteiger partial charge in [0.25, 0.3) is 11.9 Å². The summed E-state index contributed by atoms with van der Waals surface area (Å²) in [4.78, 5) is 19.4. The Morgan fingerprint density at radius 1 is 1.46 bits per heavy atom. The maximum absolute atomic E-state index is 14.1. The maximum atomic E-state index is 14.1. The van der Waals surface area contributed by atoms with Crippen LogP contribution in [0.1, 0.15) is 28.0 Å². The van der Waals surface area contributed by atoms with Crippen molar-refractivity contribution in [3.05, 3.63) is 47.4 Å². The van der Waals surface area contributed by atoms with Gasteiger partial charge in [0.05, 0.1) is 5.88 Å². The predicted molar refractivity (Wildman–Crippen MR) is 85.7 cm³/mol. The molecule has 0 saturated carbocycles. The number of oxazole rings is 1. The number of nitrogens with one attached hydrogen (secondary N) is 1. The van der Waals surface area contributed by atoms with Gasteiger partial charge in [0, 0.05) is 11.3 Å². The minimum atomic E-state index is -3.46. The molecule has 1 aromatic heterocycles. The van der Waals surface area contributed by atoms with Crippen molar-refractivity contribution in [1.82, 2.24) is 4.98 Å². The second-order valence-electron chi connectivity index (χ2n) is 5.37. The highest BCUT2D eigenvalue weighted by molar-refractivity contribution is 6.16. The number of anilines is 1. The molecule has 2 heterocycles. The third-order valence-corrected chi connectivity index (χ3v) is 3.74. The Labute approximate surface area is 150 Å². The number of aliphatic imine (C=N–C) groups is 1. The zero-order chi connectivity index (χ0) is 18.9. The van der Waals surface area contributed by atoms with E-state index in [4.69, 9.17) is 21.8 Å². The Hall–Kier alpha value is -2.75. The van der Waals surface area contributed by atoms with E-state index in [0.29, 0.717) is 0 Å². The fourth-order valence-electron chi connectivity index (χ4n) is 2.31. The molecular formula is C15H12ClF3N4O3. The number of carbonyl (C=O) groups is 1. The number of alkyl halides is 3. The number of rotatable bonds is 4. The molecule has 0 spiro atoms. The first-order chi connectivity index (χ1) is 12.3. The molecule has 3 rings (SSSR count). The van der Waals surface area contributed by atoms with Crippen LogP contribution in [0.15, 0.2) is 33.9 Å². The van der Waals surface area contributed by atoms with Crippen LogP contribution in [0.25, 0.3) is 0 Å². The van der Waals surface area contributed by atoms with Gasteiger partial charge in [-0.05, 0) is 18.2 Å². The normalized spacial score (nSPS) is 18.8. The average Bonchev–Trinajstić information content (AvgIpc) is 3.08. The van der Waals surface area contributed by atoms with Gasteiger partial charge in [-0.25, -0.2) is 23.1 Å². The second-order valence-corrected chi connectivity index (χ2v) is 5.64. The minimum Gasteiger partial charge on any atom is -0.459 e. The van der Waals surface area contributed by atoms with Crippen molar-refractivity contribution in [2.24, 2.45) is 10.7 Å². The molecule has 1 atom stereocenters. The van der Waals surface area contributed by atoms with E-state index in [0.717, 1.165) is 18.4 Å². The molecule has 0 aliphatic carbocycles. The van der Waals surface area contributed by atoms with Crippen molar-refractivity contribution in [2.75, 3.05) is 11.9 Å². The van der Waals surface area contributed by atoms with Crippen LogP contribution in [0.2, 0.25) is 0 Å². The number of nitrogens with zero attached hydrogens (tertiary/aromatic N) is 2. The lowest BCUT2D eigenvalue weighted by atomic mass is 9.99. The number of aromatic nitrogens is 1. The Morgan fingerprint density at radius 2 is 2.23 bits per heavy atom. The Kier molecular flexibility index (Phi) is 4.77. The van der Waals surface area contributed by atoms with Crippen molar-refractivity contribution >= 4 is 29.2 Å². The van der Waals surface area contributed by atoms with E-state index in [1.54, 1.807) is 0 Å². The van der Waals surface area contributed by atoms with Gasteiger partial charge in [0.1, 0.15) is 12.1 Å². The van der Waals surface area contributed by atoms with E-state index in [2.05, 4.69) is 20.0 Å². The van der Waals surface area contributed by atoms with Crippen LogP contribution in [0, 0.1) is 5.82 Å². The minimum absolute atomic E-state index is 0.0216. The first kappa shape index (κ1) is 18.1. The molecular weight excluding hydrogens is 377 g/mol. The van der Waals surface area contributed by atoms with E-state index in [-0.39, 0.29) is 23.2 Å². The number of amidine groups is 1. The molecule has 0 bridgehead atoms. The summed E-state index contributed by atoms with van der Waals surface area (Å²) >= 11 is 5.53. The van der Waals surface area contributed by atoms with Gasteiger partial charge in [0.15, 0.2) is 18.3 Å². The fraction of sp³-hybridized carbons (Fsp3) is 0.267. The predicted octanol–water partition coefficient (Wildman–Crippen LogP) is 2.83. The lowest BCUT2D eigenvalue weighted by molar-refractivity contribution is -0.0788. The van der Waals surface area contributed by atoms with Crippen LogP contribution < -0.4 is 11.1 Å². The van der Waals surface area contributed by atoms with Gasteiger partial charge in [-0.1, -0.05) is 0 Å². The molecule has 0 fully saturated rings. The monoisotopic (exact) mass is 388 g/mol. The molecule has 11 heteroatoms. The van der Waals surface area contributed by atoms with Gasteiger partial charge >= 0.3 is 5.92 Å².